The number of methoxy groups -OCH3 is 2. The second kappa shape index (κ2) is 27.9. The highest BCUT2D eigenvalue weighted by Gasteiger charge is 2.40. The highest BCUT2D eigenvalue weighted by molar-refractivity contribution is 5.98. The van der Waals surface area contributed by atoms with E-state index in [1.807, 2.05) is 88.4 Å². The number of nitrogens with zero attached hydrogens (tertiary/aromatic N) is 2. The normalized spacial score (nSPS) is 22.3. The number of nitrogens with one attached hydrogen (secondary N) is 2. The molecule has 2 aromatic carbocycles. The van der Waals surface area contributed by atoms with Gasteiger partial charge < -0.3 is 63.1 Å². The van der Waals surface area contributed by atoms with E-state index in [0.717, 1.165) is 4.57 Å². The van der Waals surface area contributed by atoms with Gasteiger partial charge in [0.1, 0.15) is 60.2 Å². The SMILES string of the molecule is COc1cc[n+](CC(=O)OCOc2c(OC)ccnc2C(=O)NC2CCCC(Oc3ccccc3)C(OCC(C)C)C(C)OC2=O)c(C(=O)NC2CCCC(Oc3ccccc3)C(OCC(C)C)C(C)OC2=O)c1O. The number of hydrogen-bond donors (Lipinski definition) is 3. The van der Waals surface area contributed by atoms with Gasteiger partial charge in [-0.25, -0.2) is 19.4 Å². The third-order valence-corrected chi connectivity index (χ3v) is 12.3. The Kier molecular flexibility index (Phi) is 21.3. The minimum absolute atomic E-state index is 0.0620. The van der Waals surface area contributed by atoms with Crippen molar-refractivity contribution in [2.75, 3.05) is 34.2 Å². The van der Waals surface area contributed by atoms with Crippen molar-refractivity contribution in [1.82, 2.24) is 15.6 Å². The summed E-state index contributed by atoms with van der Waals surface area (Å²) in [5, 5.41) is 16.7. The first-order valence-corrected chi connectivity index (χ1v) is 25.4. The quantitative estimate of drug-likeness (QED) is 0.0371. The number of ether oxygens (including phenoxy) is 10. The van der Waals surface area contributed by atoms with Crippen molar-refractivity contribution >= 4 is 29.7 Å². The van der Waals surface area contributed by atoms with Crippen LogP contribution in [-0.4, -0.2) is 123 Å². The molecule has 2 aromatic heterocycles. The summed E-state index contributed by atoms with van der Waals surface area (Å²) in [5.74, 6) is -3.23. The van der Waals surface area contributed by atoms with Crippen LogP contribution in [0.4, 0.5) is 0 Å². The predicted octanol–water partition coefficient (Wildman–Crippen LogP) is 6.08. The largest absolute Gasteiger partial charge is 0.500 e. The van der Waals surface area contributed by atoms with Gasteiger partial charge in [-0.1, -0.05) is 64.1 Å². The first-order valence-electron chi connectivity index (χ1n) is 25.4. The summed E-state index contributed by atoms with van der Waals surface area (Å²) in [5.41, 5.74) is -0.696. The standard InChI is InChI=1S/C55H70N4O16/c1-33(2)30-68-49-35(5)72-54(64)39(21-15-23-43(49)74-37-17-11-9-12-18-37)57-52(62)46-51(42(67-8)25-27-56-46)71-32-70-45(60)29-59-28-26-41(66-7)48(61)47(59)53(63)58-40-22-16-24-44(75-38-19-13-10-14-20-38)50(69-31-34(3)4)36(6)73-55(40)65/h9-14,17-20,25-28,33-36,39-40,43-44,49-50H,15-16,21-24,29-32H2,1-8H3,(H2-,57,58,61,62,63)/p+1. The molecule has 6 rings (SSSR count). The summed E-state index contributed by atoms with van der Waals surface area (Å²) in [6.45, 7) is 10.9. The third-order valence-electron chi connectivity index (χ3n) is 12.3. The number of carbonyl (C=O) groups is 5. The molecule has 2 fully saturated rings. The number of rotatable bonds is 21. The molecule has 8 unspecified atom stereocenters. The molecule has 0 saturated carbocycles. The molecule has 406 valence electrons. The smallest absolute Gasteiger partial charge is 0.375 e. The van der Waals surface area contributed by atoms with E-state index in [-0.39, 0.29) is 47.6 Å². The van der Waals surface area contributed by atoms with Crippen molar-refractivity contribution in [3.05, 3.63) is 96.6 Å². The van der Waals surface area contributed by atoms with Crippen LogP contribution in [0.2, 0.25) is 0 Å². The molecule has 2 saturated heterocycles. The van der Waals surface area contributed by atoms with Crippen LogP contribution in [0.1, 0.15) is 101 Å². The summed E-state index contributed by atoms with van der Waals surface area (Å²) >= 11 is 0. The number of pyridine rings is 2. The number of amides is 2. The lowest BCUT2D eigenvalue weighted by molar-refractivity contribution is -0.688. The zero-order valence-corrected chi connectivity index (χ0v) is 43.9. The van der Waals surface area contributed by atoms with Gasteiger partial charge in [-0.2, -0.15) is 4.57 Å². The number of para-hydroxylation sites is 2. The number of benzene rings is 2. The van der Waals surface area contributed by atoms with Crippen molar-refractivity contribution in [1.29, 1.82) is 0 Å². The first-order chi connectivity index (χ1) is 36.1. The fraction of sp³-hybridized carbons (Fsp3) is 0.509. The van der Waals surface area contributed by atoms with E-state index in [1.165, 1.54) is 38.7 Å². The number of aromatic nitrogens is 2. The molecule has 0 radical (unpaired) electrons. The first kappa shape index (κ1) is 57.1. The summed E-state index contributed by atoms with van der Waals surface area (Å²) in [4.78, 5) is 73.3. The highest BCUT2D eigenvalue weighted by Crippen LogP contribution is 2.32. The van der Waals surface area contributed by atoms with E-state index in [1.54, 1.807) is 13.8 Å². The molecule has 0 bridgehead atoms. The van der Waals surface area contributed by atoms with Gasteiger partial charge in [0, 0.05) is 31.5 Å². The topological polar surface area (TPSA) is 239 Å². The molecule has 0 spiro atoms. The maximum atomic E-state index is 14.1. The van der Waals surface area contributed by atoms with Crippen molar-refractivity contribution in [3.8, 4) is 34.5 Å². The van der Waals surface area contributed by atoms with Crippen LogP contribution < -0.4 is 38.9 Å². The van der Waals surface area contributed by atoms with Crippen molar-refractivity contribution in [3.63, 3.8) is 0 Å². The third kappa shape index (κ3) is 16.2. The summed E-state index contributed by atoms with van der Waals surface area (Å²) in [6.07, 6.45) is 1.10. The van der Waals surface area contributed by atoms with Gasteiger partial charge >= 0.3 is 29.5 Å². The van der Waals surface area contributed by atoms with E-state index in [0.29, 0.717) is 50.4 Å². The van der Waals surface area contributed by atoms with Crippen LogP contribution in [-0.2, 0) is 44.6 Å². The van der Waals surface area contributed by atoms with E-state index in [2.05, 4.69) is 15.6 Å². The second-order valence-corrected chi connectivity index (χ2v) is 19.2. The van der Waals surface area contributed by atoms with E-state index < -0.39 is 103 Å². The molecule has 4 heterocycles. The van der Waals surface area contributed by atoms with E-state index >= 15 is 0 Å². The van der Waals surface area contributed by atoms with Gasteiger partial charge in [0.2, 0.25) is 19.1 Å². The van der Waals surface area contributed by atoms with E-state index in [9.17, 15) is 29.1 Å². The van der Waals surface area contributed by atoms with Crippen molar-refractivity contribution in [2.45, 2.75) is 135 Å². The van der Waals surface area contributed by atoms with Gasteiger partial charge in [0.25, 0.3) is 5.91 Å². The molecule has 2 amide bonds. The lowest BCUT2D eigenvalue weighted by Gasteiger charge is -2.32. The molecule has 4 aromatic rings. The molecule has 20 heteroatoms. The van der Waals surface area contributed by atoms with Gasteiger partial charge in [-0.3, -0.25) is 9.59 Å². The van der Waals surface area contributed by atoms with Crippen LogP contribution in [0.3, 0.4) is 0 Å². The Morgan fingerprint density at radius 2 is 1.21 bits per heavy atom. The molecular formula is C55H71N4O16+. The predicted molar refractivity (Wildman–Crippen MR) is 269 cm³/mol. The van der Waals surface area contributed by atoms with Gasteiger partial charge in [-0.05, 0) is 88.5 Å². The molecule has 2 aliphatic heterocycles. The summed E-state index contributed by atoms with van der Waals surface area (Å²) in [6, 6.07) is 19.1. The lowest BCUT2D eigenvalue weighted by atomic mass is 10.0. The minimum atomic E-state index is -1.17. The van der Waals surface area contributed by atoms with Gasteiger partial charge in [0.15, 0.2) is 29.1 Å². The molecule has 2 aliphatic rings. The Balaban J connectivity index is 1.11. The highest BCUT2D eigenvalue weighted by atomic mass is 16.7. The number of carbonyl (C=O) groups excluding carboxylic acids is 5. The van der Waals surface area contributed by atoms with E-state index in [4.69, 9.17) is 47.4 Å². The average Bonchev–Trinajstić information content (AvgIpc) is 3.46. The number of aromatic hydroxyl groups is 1. The maximum Gasteiger partial charge on any atom is 0.375 e. The molecule has 20 nitrogen and oxygen atoms in total. The van der Waals surface area contributed by atoms with Crippen LogP contribution in [0.5, 0.6) is 34.5 Å². The van der Waals surface area contributed by atoms with Gasteiger partial charge in [0.05, 0.1) is 14.2 Å². The fourth-order valence-corrected chi connectivity index (χ4v) is 8.62. The zero-order valence-electron chi connectivity index (χ0n) is 43.9. The number of esters is 3. The Labute approximate surface area is 437 Å². The Morgan fingerprint density at radius 3 is 1.71 bits per heavy atom. The molecule has 3 N–H and O–H groups in total. The Morgan fingerprint density at radius 1 is 0.707 bits per heavy atom. The second-order valence-electron chi connectivity index (χ2n) is 19.2. The molecular weight excluding hydrogens is 973 g/mol. The summed E-state index contributed by atoms with van der Waals surface area (Å²) in [7, 11) is 2.63. The number of hydrogen-bond acceptors (Lipinski definition) is 17. The zero-order chi connectivity index (χ0) is 54.0. The van der Waals surface area contributed by atoms with Crippen molar-refractivity contribution < 1.29 is 81.0 Å². The Bertz CT molecular complexity index is 2510. The van der Waals surface area contributed by atoms with Crippen LogP contribution in [0.15, 0.2) is 85.2 Å². The molecule has 75 heavy (non-hydrogen) atoms. The van der Waals surface area contributed by atoms with Crippen LogP contribution >= 0.6 is 0 Å². The lowest BCUT2D eigenvalue weighted by Crippen LogP contribution is -2.50. The average molecular weight is 1040 g/mol. The monoisotopic (exact) mass is 1040 g/mol. The molecule has 0 aliphatic carbocycles. The number of cyclic esters (lactones) is 2. The van der Waals surface area contributed by atoms with Crippen LogP contribution in [0, 0.1) is 11.8 Å². The minimum Gasteiger partial charge on any atom is -0.500 e. The van der Waals surface area contributed by atoms with Crippen LogP contribution in [0.25, 0.3) is 0 Å². The maximum absolute atomic E-state index is 14.1. The Hall–Kier alpha value is -7.19. The molecule has 8 atom stereocenters. The fourth-order valence-electron chi connectivity index (χ4n) is 8.62. The summed E-state index contributed by atoms with van der Waals surface area (Å²) < 4.78 is 60.3. The van der Waals surface area contributed by atoms with Crippen molar-refractivity contribution in [2.24, 2.45) is 11.8 Å². The van der Waals surface area contributed by atoms with Gasteiger partial charge in [-0.15, -0.1) is 0 Å².